The fraction of sp³-hybridized carbons (Fsp3) is 0.190. The molecule has 130 valence electrons. The van der Waals surface area contributed by atoms with Crippen LogP contribution in [-0.4, -0.2) is 27.3 Å². The number of hydrogen-bond donors (Lipinski definition) is 1. The number of benzene rings is 2. The number of nitrogens with one attached hydrogen (secondary N) is 1. The Kier molecular flexibility index (Phi) is 4.35. The molecule has 5 heteroatoms. The molecule has 3 aromatic rings. The van der Waals surface area contributed by atoms with Crippen LogP contribution in [0.2, 0.25) is 0 Å². The highest BCUT2D eigenvalue weighted by Crippen LogP contribution is 2.21. The van der Waals surface area contributed by atoms with Crippen LogP contribution >= 0.6 is 0 Å². The first-order chi connectivity index (χ1) is 12.7. The molecule has 0 unspecified atom stereocenters. The maximum atomic E-state index is 12.8. The number of aromatic nitrogens is 2. The molecular weight excluding hydrogens is 324 g/mol. The average Bonchev–Trinajstić information content (AvgIpc) is 2.69. The zero-order chi connectivity index (χ0) is 17.9. The largest absolute Gasteiger partial charge is 0.334 e. The third-order valence-electron chi connectivity index (χ3n) is 4.71. The van der Waals surface area contributed by atoms with Gasteiger partial charge in [0.25, 0.3) is 5.91 Å². The number of carbonyl (C=O) groups excluding carboxylic acids is 1. The van der Waals surface area contributed by atoms with Gasteiger partial charge in [-0.2, -0.15) is 0 Å². The van der Waals surface area contributed by atoms with E-state index in [4.69, 9.17) is 0 Å². The van der Waals surface area contributed by atoms with Crippen molar-refractivity contribution in [2.45, 2.75) is 19.9 Å². The zero-order valence-electron chi connectivity index (χ0n) is 14.6. The molecule has 0 atom stereocenters. The number of anilines is 2. The van der Waals surface area contributed by atoms with Crippen LogP contribution in [0.4, 0.5) is 11.6 Å². The number of carbonyl (C=O) groups is 1. The summed E-state index contributed by atoms with van der Waals surface area (Å²) in [6, 6.07) is 16.2. The van der Waals surface area contributed by atoms with Gasteiger partial charge in [0.1, 0.15) is 0 Å². The topological polar surface area (TPSA) is 58.1 Å². The second kappa shape index (κ2) is 6.96. The van der Waals surface area contributed by atoms with Gasteiger partial charge in [-0.15, -0.1) is 0 Å². The first-order valence-corrected chi connectivity index (χ1v) is 8.71. The molecule has 1 aliphatic heterocycles. The monoisotopic (exact) mass is 344 g/mol. The van der Waals surface area contributed by atoms with Crippen molar-refractivity contribution in [1.29, 1.82) is 0 Å². The highest BCUT2D eigenvalue weighted by molar-refractivity contribution is 5.93. The highest BCUT2D eigenvalue weighted by Gasteiger charge is 2.22. The third-order valence-corrected chi connectivity index (χ3v) is 4.71. The quantitative estimate of drug-likeness (QED) is 0.786. The Balaban J connectivity index is 1.47. The van der Waals surface area contributed by atoms with Crippen LogP contribution in [0, 0.1) is 6.92 Å². The smallest absolute Gasteiger partial charge is 0.257 e. The first kappa shape index (κ1) is 16.3. The van der Waals surface area contributed by atoms with E-state index in [1.54, 1.807) is 12.4 Å². The molecule has 0 fully saturated rings. The number of nitrogens with zero attached hydrogens (tertiary/aromatic N) is 3. The summed E-state index contributed by atoms with van der Waals surface area (Å²) in [4.78, 5) is 23.2. The van der Waals surface area contributed by atoms with E-state index >= 15 is 0 Å². The van der Waals surface area contributed by atoms with Crippen molar-refractivity contribution in [2.75, 3.05) is 11.9 Å². The molecule has 2 aromatic carbocycles. The van der Waals surface area contributed by atoms with Crippen molar-refractivity contribution in [3.8, 4) is 0 Å². The third kappa shape index (κ3) is 3.28. The predicted molar refractivity (Wildman–Crippen MR) is 101 cm³/mol. The average molecular weight is 344 g/mol. The summed E-state index contributed by atoms with van der Waals surface area (Å²) >= 11 is 0. The lowest BCUT2D eigenvalue weighted by Gasteiger charge is -2.28. The second-order valence-corrected chi connectivity index (χ2v) is 6.48. The molecule has 0 spiro atoms. The Labute approximate surface area is 152 Å². The Morgan fingerprint density at radius 2 is 1.69 bits per heavy atom. The maximum absolute atomic E-state index is 12.8. The van der Waals surface area contributed by atoms with Crippen molar-refractivity contribution in [3.63, 3.8) is 0 Å². The number of hydrogen-bond acceptors (Lipinski definition) is 4. The summed E-state index contributed by atoms with van der Waals surface area (Å²) in [5.74, 6) is 0.460. The van der Waals surface area contributed by atoms with Crippen LogP contribution in [0.3, 0.4) is 0 Å². The molecular formula is C21H20N4O. The normalized spacial score (nSPS) is 13.2. The molecule has 0 bridgehead atoms. The summed E-state index contributed by atoms with van der Waals surface area (Å²) in [7, 11) is 0. The summed E-state index contributed by atoms with van der Waals surface area (Å²) in [6.45, 7) is 3.38. The van der Waals surface area contributed by atoms with Crippen molar-refractivity contribution in [3.05, 3.63) is 83.2 Å². The van der Waals surface area contributed by atoms with E-state index in [1.165, 1.54) is 11.1 Å². The molecule has 1 N–H and O–H groups in total. The van der Waals surface area contributed by atoms with Gasteiger partial charge in [-0.25, -0.2) is 9.97 Å². The second-order valence-electron chi connectivity index (χ2n) is 6.48. The van der Waals surface area contributed by atoms with E-state index in [-0.39, 0.29) is 5.91 Å². The number of fused-ring (bicyclic) bond motifs is 1. The van der Waals surface area contributed by atoms with Gasteiger partial charge in [-0.3, -0.25) is 4.79 Å². The van der Waals surface area contributed by atoms with E-state index in [0.29, 0.717) is 18.1 Å². The van der Waals surface area contributed by atoms with Crippen LogP contribution in [0.15, 0.2) is 60.9 Å². The van der Waals surface area contributed by atoms with E-state index in [0.717, 1.165) is 24.2 Å². The van der Waals surface area contributed by atoms with Crippen molar-refractivity contribution in [2.24, 2.45) is 0 Å². The van der Waals surface area contributed by atoms with Gasteiger partial charge in [0.15, 0.2) is 0 Å². The summed E-state index contributed by atoms with van der Waals surface area (Å²) in [5.41, 5.74) is 5.12. The molecule has 5 nitrogen and oxygen atoms in total. The van der Waals surface area contributed by atoms with Gasteiger partial charge in [-0.05, 0) is 36.1 Å². The molecule has 0 saturated carbocycles. The molecule has 0 aliphatic carbocycles. The van der Waals surface area contributed by atoms with Crippen molar-refractivity contribution < 1.29 is 4.79 Å². The van der Waals surface area contributed by atoms with E-state index in [2.05, 4.69) is 27.4 Å². The highest BCUT2D eigenvalue weighted by atomic mass is 16.2. The predicted octanol–water partition coefficient (Wildman–Crippen LogP) is 3.73. The Bertz CT molecular complexity index is 937. The van der Waals surface area contributed by atoms with Gasteiger partial charge in [0.05, 0.1) is 5.56 Å². The summed E-state index contributed by atoms with van der Waals surface area (Å²) in [5, 5.41) is 3.18. The lowest BCUT2D eigenvalue weighted by molar-refractivity contribution is 0.0734. The first-order valence-electron chi connectivity index (χ1n) is 8.71. The van der Waals surface area contributed by atoms with Gasteiger partial charge in [0, 0.05) is 31.2 Å². The number of amides is 1. The molecule has 2 heterocycles. The van der Waals surface area contributed by atoms with Crippen molar-refractivity contribution >= 4 is 17.5 Å². The van der Waals surface area contributed by atoms with Crippen LogP contribution < -0.4 is 5.32 Å². The summed E-state index contributed by atoms with van der Waals surface area (Å²) < 4.78 is 0. The number of aryl methyl sites for hydroxylation is 1. The molecule has 0 saturated heterocycles. The maximum Gasteiger partial charge on any atom is 0.257 e. The Hall–Kier alpha value is -3.21. The standard InChI is InChI=1S/C21H20N4O/c1-15-6-2-5-9-19(15)24-21-22-12-18(13-23-21)20(26)25-11-10-16-7-3-4-8-17(16)14-25/h2-9,12-13H,10-11,14H2,1H3,(H,22,23,24). The fourth-order valence-electron chi connectivity index (χ4n) is 3.19. The molecule has 26 heavy (non-hydrogen) atoms. The minimum absolute atomic E-state index is 0.0260. The van der Waals surface area contributed by atoms with Gasteiger partial charge in [-0.1, -0.05) is 42.5 Å². The number of para-hydroxylation sites is 1. The number of rotatable bonds is 3. The SMILES string of the molecule is Cc1ccccc1Nc1ncc(C(=O)N2CCc3ccccc3C2)cn1. The molecule has 4 rings (SSSR count). The van der Waals surface area contributed by atoms with Gasteiger partial charge < -0.3 is 10.2 Å². The summed E-state index contributed by atoms with van der Waals surface area (Å²) in [6.07, 6.45) is 4.07. The molecule has 0 radical (unpaired) electrons. The Morgan fingerprint density at radius 1 is 1.00 bits per heavy atom. The van der Waals surface area contributed by atoms with Crippen LogP contribution in [0.5, 0.6) is 0 Å². The fourth-order valence-corrected chi connectivity index (χ4v) is 3.19. The van der Waals surface area contributed by atoms with Gasteiger partial charge >= 0.3 is 0 Å². The lowest BCUT2D eigenvalue weighted by Crippen LogP contribution is -2.36. The van der Waals surface area contributed by atoms with Crippen molar-refractivity contribution in [1.82, 2.24) is 14.9 Å². The van der Waals surface area contributed by atoms with Gasteiger partial charge in [0.2, 0.25) is 5.95 Å². The van der Waals surface area contributed by atoms with E-state index in [9.17, 15) is 4.79 Å². The zero-order valence-corrected chi connectivity index (χ0v) is 14.6. The van der Waals surface area contributed by atoms with Crippen LogP contribution in [-0.2, 0) is 13.0 Å². The molecule has 1 amide bonds. The minimum Gasteiger partial charge on any atom is -0.334 e. The molecule has 1 aromatic heterocycles. The Morgan fingerprint density at radius 3 is 2.46 bits per heavy atom. The van der Waals surface area contributed by atoms with Crippen LogP contribution in [0.25, 0.3) is 0 Å². The minimum atomic E-state index is -0.0260. The lowest BCUT2D eigenvalue weighted by atomic mass is 9.99. The molecule has 1 aliphatic rings. The van der Waals surface area contributed by atoms with E-state index in [1.807, 2.05) is 48.2 Å². The van der Waals surface area contributed by atoms with E-state index < -0.39 is 0 Å². The van der Waals surface area contributed by atoms with Crippen LogP contribution in [0.1, 0.15) is 27.0 Å².